The Hall–Kier alpha value is -3.15. The normalized spacial score (nSPS) is 13.6. The number of aromatic nitrogens is 2. The average Bonchev–Trinajstić information content (AvgIpc) is 3.44. The molecule has 1 aliphatic rings. The number of aryl methyl sites for hydroxylation is 1. The first-order valence-electron chi connectivity index (χ1n) is 8.72. The molecular weight excluding hydrogens is 328 g/mol. The standard InChI is InChI=1S/C20H20N4O2/c1-13-7-8-24-18(9-13)22-17(11-19(24)25)12-21-16-4-2-3-14(10-16)20(26)23-15-5-6-15/h2-4,7-11,15,21H,5-6,12H2,1H3,(H,23,26). The highest BCUT2D eigenvalue weighted by atomic mass is 16.1. The number of anilines is 1. The lowest BCUT2D eigenvalue weighted by Gasteiger charge is -2.09. The number of benzene rings is 1. The van der Waals surface area contributed by atoms with Crippen LogP contribution in [0.4, 0.5) is 5.69 Å². The topological polar surface area (TPSA) is 75.5 Å². The molecule has 1 aromatic carbocycles. The van der Waals surface area contributed by atoms with Gasteiger partial charge in [0.25, 0.3) is 11.5 Å². The molecule has 4 rings (SSSR count). The van der Waals surface area contributed by atoms with Crippen LogP contribution >= 0.6 is 0 Å². The second kappa shape index (κ2) is 6.63. The summed E-state index contributed by atoms with van der Waals surface area (Å²) >= 11 is 0. The SMILES string of the molecule is Cc1ccn2c(=O)cc(CNc3cccc(C(=O)NC4CC4)c3)nc2c1. The molecule has 1 amide bonds. The molecule has 6 heteroatoms. The molecule has 0 saturated heterocycles. The molecule has 0 aliphatic heterocycles. The molecule has 0 radical (unpaired) electrons. The number of pyridine rings is 1. The van der Waals surface area contributed by atoms with Gasteiger partial charge in [-0.3, -0.25) is 14.0 Å². The Balaban J connectivity index is 1.51. The van der Waals surface area contributed by atoms with E-state index in [-0.39, 0.29) is 11.5 Å². The number of hydrogen-bond acceptors (Lipinski definition) is 4. The molecular formula is C20H20N4O2. The zero-order valence-electron chi connectivity index (χ0n) is 14.5. The molecule has 6 nitrogen and oxygen atoms in total. The fourth-order valence-corrected chi connectivity index (χ4v) is 2.80. The molecule has 1 fully saturated rings. The summed E-state index contributed by atoms with van der Waals surface area (Å²) in [6.45, 7) is 2.38. The van der Waals surface area contributed by atoms with Crippen LogP contribution in [0.3, 0.4) is 0 Å². The molecule has 0 unspecified atom stereocenters. The van der Waals surface area contributed by atoms with E-state index >= 15 is 0 Å². The Labute approximate surface area is 150 Å². The molecule has 132 valence electrons. The van der Waals surface area contributed by atoms with E-state index in [4.69, 9.17) is 0 Å². The molecule has 0 bridgehead atoms. The van der Waals surface area contributed by atoms with Crippen molar-refractivity contribution in [3.63, 3.8) is 0 Å². The lowest BCUT2D eigenvalue weighted by molar-refractivity contribution is 0.0951. The first-order valence-corrected chi connectivity index (χ1v) is 8.72. The van der Waals surface area contributed by atoms with E-state index in [2.05, 4.69) is 15.6 Å². The van der Waals surface area contributed by atoms with Crippen LogP contribution in [-0.2, 0) is 6.54 Å². The maximum Gasteiger partial charge on any atom is 0.258 e. The van der Waals surface area contributed by atoms with E-state index in [0.717, 1.165) is 24.1 Å². The fraction of sp³-hybridized carbons (Fsp3) is 0.250. The molecule has 0 spiro atoms. The van der Waals surface area contributed by atoms with Gasteiger partial charge in [-0.1, -0.05) is 6.07 Å². The predicted molar refractivity (Wildman–Crippen MR) is 100 cm³/mol. The summed E-state index contributed by atoms with van der Waals surface area (Å²) in [6, 6.07) is 13.0. The van der Waals surface area contributed by atoms with Crippen LogP contribution in [0.1, 0.15) is 34.5 Å². The van der Waals surface area contributed by atoms with Gasteiger partial charge in [-0.15, -0.1) is 0 Å². The van der Waals surface area contributed by atoms with Crippen LogP contribution in [-0.4, -0.2) is 21.3 Å². The first kappa shape index (κ1) is 16.3. The van der Waals surface area contributed by atoms with Gasteiger partial charge in [0.05, 0.1) is 12.2 Å². The lowest BCUT2D eigenvalue weighted by atomic mass is 10.2. The van der Waals surface area contributed by atoms with Crippen molar-refractivity contribution in [2.24, 2.45) is 0 Å². The van der Waals surface area contributed by atoms with E-state index in [9.17, 15) is 9.59 Å². The van der Waals surface area contributed by atoms with Crippen LogP contribution in [0.2, 0.25) is 0 Å². The first-order chi connectivity index (χ1) is 12.6. The summed E-state index contributed by atoms with van der Waals surface area (Å²) < 4.78 is 1.53. The number of nitrogens with zero attached hydrogens (tertiary/aromatic N) is 2. The van der Waals surface area contributed by atoms with E-state index in [1.54, 1.807) is 12.3 Å². The quantitative estimate of drug-likeness (QED) is 0.743. The van der Waals surface area contributed by atoms with Crippen molar-refractivity contribution < 1.29 is 4.79 Å². The minimum atomic E-state index is -0.107. The van der Waals surface area contributed by atoms with Gasteiger partial charge in [0, 0.05) is 29.6 Å². The van der Waals surface area contributed by atoms with Crippen molar-refractivity contribution in [3.8, 4) is 0 Å². The third-order valence-corrected chi connectivity index (χ3v) is 4.39. The predicted octanol–water partition coefficient (Wildman–Crippen LogP) is 2.51. The summed E-state index contributed by atoms with van der Waals surface area (Å²) in [5, 5.41) is 6.22. The minimum Gasteiger partial charge on any atom is -0.379 e. The van der Waals surface area contributed by atoms with E-state index in [1.165, 1.54) is 10.5 Å². The summed E-state index contributed by atoms with van der Waals surface area (Å²) in [5.74, 6) is -0.0475. The van der Waals surface area contributed by atoms with E-state index < -0.39 is 0 Å². The highest BCUT2D eigenvalue weighted by Gasteiger charge is 2.23. The van der Waals surface area contributed by atoms with Crippen molar-refractivity contribution in [1.82, 2.24) is 14.7 Å². The van der Waals surface area contributed by atoms with E-state index in [0.29, 0.717) is 29.5 Å². The van der Waals surface area contributed by atoms with Crippen molar-refractivity contribution in [3.05, 3.63) is 75.8 Å². The number of nitrogens with one attached hydrogen (secondary N) is 2. The van der Waals surface area contributed by atoms with Gasteiger partial charge >= 0.3 is 0 Å². The van der Waals surface area contributed by atoms with Gasteiger partial charge in [-0.25, -0.2) is 4.98 Å². The van der Waals surface area contributed by atoms with Gasteiger partial charge in [0.15, 0.2) is 0 Å². The number of carbonyl (C=O) groups is 1. The minimum absolute atomic E-state index is 0.0475. The third kappa shape index (κ3) is 3.59. The van der Waals surface area contributed by atoms with Crippen molar-refractivity contribution >= 4 is 17.2 Å². The Morgan fingerprint density at radius 2 is 2.08 bits per heavy atom. The number of rotatable bonds is 5. The van der Waals surface area contributed by atoms with Gasteiger partial charge in [-0.2, -0.15) is 0 Å². The summed E-state index contributed by atoms with van der Waals surface area (Å²) in [4.78, 5) is 28.9. The Morgan fingerprint density at radius 1 is 1.23 bits per heavy atom. The van der Waals surface area contributed by atoms with Crippen molar-refractivity contribution in [1.29, 1.82) is 0 Å². The second-order valence-electron chi connectivity index (χ2n) is 6.70. The van der Waals surface area contributed by atoms with Crippen LogP contribution in [0.5, 0.6) is 0 Å². The zero-order chi connectivity index (χ0) is 18.1. The van der Waals surface area contributed by atoms with Gasteiger partial charge in [0.2, 0.25) is 0 Å². The van der Waals surface area contributed by atoms with Gasteiger partial charge in [0.1, 0.15) is 5.65 Å². The number of fused-ring (bicyclic) bond motifs is 1. The molecule has 2 aromatic heterocycles. The Bertz CT molecular complexity index is 1040. The van der Waals surface area contributed by atoms with Gasteiger partial charge in [-0.05, 0) is 55.7 Å². The third-order valence-electron chi connectivity index (χ3n) is 4.39. The van der Waals surface area contributed by atoms with Crippen molar-refractivity contribution in [2.45, 2.75) is 32.4 Å². The molecule has 1 aliphatic carbocycles. The number of carbonyl (C=O) groups excluding carboxylic acids is 1. The molecule has 0 atom stereocenters. The monoisotopic (exact) mass is 348 g/mol. The Morgan fingerprint density at radius 3 is 2.88 bits per heavy atom. The fourth-order valence-electron chi connectivity index (χ4n) is 2.80. The van der Waals surface area contributed by atoms with Crippen LogP contribution in [0.15, 0.2) is 53.5 Å². The highest BCUT2D eigenvalue weighted by Crippen LogP contribution is 2.20. The second-order valence-corrected chi connectivity index (χ2v) is 6.70. The van der Waals surface area contributed by atoms with E-state index in [1.807, 2.05) is 37.3 Å². The van der Waals surface area contributed by atoms with Crippen LogP contribution < -0.4 is 16.2 Å². The molecule has 2 heterocycles. The molecule has 26 heavy (non-hydrogen) atoms. The number of amides is 1. The number of hydrogen-bond donors (Lipinski definition) is 2. The lowest BCUT2D eigenvalue weighted by Crippen LogP contribution is -2.25. The van der Waals surface area contributed by atoms with Crippen LogP contribution in [0, 0.1) is 6.92 Å². The zero-order valence-corrected chi connectivity index (χ0v) is 14.5. The average molecular weight is 348 g/mol. The molecule has 2 N–H and O–H groups in total. The largest absolute Gasteiger partial charge is 0.379 e. The summed E-state index contributed by atoms with van der Waals surface area (Å²) in [5.41, 5.74) is 3.68. The molecule has 1 saturated carbocycles. The van der Waals surface area contributed by atoms with Crippen molar-refractivity contribution in [2.75, 3.05) is 5.32 Å². The maximum atomic E-state index is 12.2. The Kier molecular flexibility index (Phi) is 4.16. The maximum absolute atomic E-state index is 12.2. The summed E-state index contributed by atoms with van der Waals surface area (Å²) in [7, 11) is 0. The van der Waals surface area contributed by atoms with Gasteiger partial charge < -0.3 is 10.6 Å². The summed E-state index contributed by atoms with van der Waals surface area (Å²) in [6.07, 6.45) is 3.86. The van der Waals surface area contributed by atoms with Crippen LogP contribution in [0.25, 0.3) is 5.65 Å². The molecule has 3 aromatic rings. The smallest absolute Gasteiger partial charge is 0.258 e. The highest BCUT2D eigenvalue weighted by molar-refractivity contribution is 5.95.